The number of nitrogen functional groups attached to an aromatic ring is 1. The molecule has 13 nitrogen and oxygen atoms in total. The third kappa shape index (κ3) is 5.76. The molecule has 4 rings (SSSR count). The molecule has 2 aliphatic rings. The van der Waals surface area contributed by atoms with Crippen molar-refractivity contribution >= 4 is 64.2 Å². The van der Waals surface area contributed by atoms with Crippen molar-refractivity contribution in [3.63, 3.8) is 0 Å². The molecule has 194 valence electrons. The largest absolute Gasteiger partial charge is 0.477 e. The van der Waals surface area contributed by atoms with Gasteiger partial charge in [-0.05, 0) is 17.7 Å². The zero-order valence-corrected chi connectivity index (χ0v) is 21.6. The average Bonchev–Trinajstić information content (AvgIpc) is 3.36. The van der Waals surface area contributed by atoms with Gasteiger partial charge in [0.25, 0.3) is 11.8 Å². The van der Waals surface area contributed by atoms with E-state index in [4.69, 9.17) is 16.3 Å². The predicted octanol–water partition coefficient (Wildman–Crippen LogP) is 0.412. The van der Waals surface area contributed by atoms with Gasteiger partial charge in [-0.3, -0.25) is 14.5 Å². The highest BCUT2D eigenvalue weighted by atomic mass is 32.2. The van der Waals surface area contributed by atoms with Crippen LogP contribution in [0.4, 0.5) is 5.82 Å². The molecular weight excluding hydrogens is 540 g/mol. The molecule has 6 N–H and O–H groups in total. The SMILES string of the molecule is C=CCON=C(C(=O)NC1C(=O)N2C(C(=O)O)=C(CSc3nnc(CN)s3)CS[C@@H]12)c1cccc(N)n1. The molecule has 1 saturated heterocycles. The Morgan fingerprint density at radius 1 is 1.41 bits per heavy atom. The first-order valence-corrected chi connectivity index (χ1v) is 13.6. The summed E-state index contributed by atoms with van der Waals surface area (Å²) in [7, 11) is 0. The molecular formula is C21H22N8O5S3. The molecule has 16 heteroatoms. The minimum atomic E-state index is -1.22. The number of rotatable bonds is 11. The molecule has 1 fully saturated rings. The van der Waals surface area contributed by atoms with Crippen molar-refractivity contribution in [2.24, 2.45) is 10.9 Å². The number of hydrogen-bond donors (Lipinski definition) is 4. The molecule has 0 aliphatic carbocycles. The van der Waals surface area contributed by atoms with Crippen molar-refractivity contribution < 1.29 is 24.3 Å². The Kier molecular flexibility index (Phi) is 8.42. The number of pyridine rings is 1. The van der Waals surface area contributed by atoms with Gasteiger partial charge in [-0.2, -0.15) is 0 Å². The Morgan fingerprint density at radius 3 is 2.89 bits per heavy atom. The van der Waals surface area contributed by atoms with Gasteiger partial charge in [0.15, 0.2) is 10.1 Å². The number of β-lactam (4-membered cyclic amide) rings is 1. The fraction of sp³-hybridized carbons (Fsp3) is 0.286. The Hall–Kier alpha value is -3.47. The summed E-state index contributed by atoms with van der Waals surface area (Å²) in [4.78, 5) is 48.6. The normalized spacial score (nSPS) is 19.2. The quantitative estimate of drug-likeness (QED) is 0.0735. The van der Waals surface area contributed by atoms with Gasteiger partial charge in [-0.25, -0.2) is 9.78 Å². The first-order valence-electron chi connectivity index (χ1n) is 10.7. The molecule has 4 heterocycles. The van der Waals surface area contributed by atoms with Gasteiger partial charge in [0, 0.05) is 18.1 Å². The molecule has 0 saturated carbocycles. The number of nitrogens with two attached hydrogens (primary N) is 2. The summed E-state index contributed by atoms with van der Waals surface area (Å²) in [6.07, 6.45) is 1.45. The number of amides is 2. The minimum absolute atomic E-state index is 0.0475. The number of hydrogen-bond acceptors (Lipinski definition) is 13. The van der Waals surface area contributed by atoms with Gasteiger partial charge in [-0.15, -0.1) is 22.0 Å². The second kappa shape index (κ2) is 11.7. The molecule has 0 spiro atoms. The highest BCUT2D eigenvalue weighted by molar-refractivity contribution is 8.01. The topological polar surface area (TPSA) is 199 Å². The third-order valence-corrected chi connectivity index (χ3v) is 8.61. The van der Waals surface area contributed by atoms with E-state index in [9.17, 15) is 19.5 Å². The van der Waals surface area contributed by atoms with Crippen molar-refractivity contribution in [3.05, 3.63) is 52.8 Å². The van der Waals surface area contributed by atoms with E-state index in [1.807, 2.05) is 0 Å². The van der Waals surface area contributed by atoms with Crippen LogP contribution in [0.15, 0.2) is 51.6 Å². The summed E-state index contributed by atoms with van der Waals surface area (Å²) in [5.74, 6) is -1.63. The highest BCUT2D eigenvalue weighted by Crippen LogP contribution is 2.41. The molecule has 0 aromatic carbocycles. The lowest BCUT2D eigenvalue weighted by molar-refractivity contribution is -0.150. The Labute approximate surface area is 223 Å². The zero-order chi connectivity index (χ0) is 26.5. The number of aliphatic carboxylic acids is 1. The van der Waals surface area contributed by atoms with Crippen LogP contribution in [0.3, 0.4) is 0 Å². The Bertz CT molecular complexity index is 1300. The second-order valence-electron chi connectivity index (χ2n) is 7.54. The van der Waals surface area contributed by atoms with Crippen molar-refractivity contribution in [3.8, 4) is 0 Å². The van der Waals surface area contributed by atoms with Gasteiger partial charge >= 0.3 is 5.97 Å². The summed E-state index contributed by atoms with van der Waals surface area (Å²) in [5, 5.41) is 24.4. The van der Waals surface area contributed by atoms with Crippen molar-refractivity contribution in [1.82, 2.24) is 25.4 Å². The number of carboxylic acids is 1. The summed E-state index contributed by atoms with van der Waals surface area (Å²) in [6.45, 7) is 3.85. The van der Waals surface area contributed by atoms with Gasteiger partial charge < -0.3 is 26.7 Å². The number of aromatic nitrogens is 3. The van der Waals surface area contributed by atoms with E-state index in [2.05, 4.69) is 32.2 Å². The molecule has 37 heavy (non-hydrogen) atoms. The maximum atomic E-state index is 13.1. The number of oxime groups is 1. The smallest absolute Gasteiger partial charge is 0.352 e. The van der Waals surface area contributed by atoms with Crippen LogP contribution < -0.4 is 16.8 Å². The summed E-state index contributed by atoms with van der Waals surface area (Å²) < 4.78 is 0.658. The number of carboxylic acid groups (broad SMARTS) is 1. The first-order chi connectivity index (χ1) is 17.8. The van der Waals surface area contributed by atoms with E-state index in [0.717, 1.165) is 0 Å². The summed E-state index contributed by atoms with van der Waals surface area (Å²) >= 11 is 4.02. The molecule has 0 radical (unpaired) electrons. The van der Waals surface area contributed by atoms with Crippen molar-refractivity contribution in [2.75, 3.05) is 23.8 Å². The average molecular weight is 563 g/mol. The Morgan fingerprint density at radius 2 is 2.22 bits per heavy atom. The van der Waals surface area contributed by atoms with E-state index >= 15 is 0 Å². The van der Waals surface area contributed by atoms with Crippen LogP contribution in [0.5, 0.6) is 0 Å². The predicted molar refractivity (Wildman–Crippen MR) is 140 cm³/mol. The van der Waals surface area contributed by atoms with E-state index in [-0.39, 0.29) is 36.1 Å². The molecule has 2 amide bonds. The fourth-order valence-electron chi connectivity index (χ4n) is 3.47. The van der Waals surface area contributed by atoms with Crippen LogP contribution in [-0.2, 0) is 25.8 Å². The highest BCUT2D eigenvalue weighted by Gasteiger charge is 2.54. The van der Waals surface area contributed by atoms with Crippen LogP contribution in [0.2, 0.25) is 0 Å². The van der Waals surface area contributed by atoms with E-state index in [0.29, 0.717) is 26.4 Å². The van der Waals surface area contributed by atoms with Gasteiger partial charge in [0.1, 0.15) is 40.2 Å². The van der Waals surface area contributed by atoms with E-state index < -0.39 is 29.2 Å². The van der Waals surface area contributed by atoms with Gasteiger partial charge in [0.05, 0.1) is 0 Å². The van der Waals surface area contributed by atoms with E-state index in [1.54, 1.807) is 12.1 Å². The lowest BCUT2D eigenvalue weighted by Gasteiger charge is -2.49. The number of nitrogens with zero attached hydrogens (tertiary/aromatic N) is 5. The van der Waals surface area contributed by atoms with Crippen LogP contribution in [0.1, 0.15) is 10.7 Å². The number of thioether (sulfide) groups is 2. The van der Waals surface area contributed by atoms with Crippen molar-refractivity contribution in [2.45, 2.75) is 22.3 Å². The lowest BCUT2D eigenvalue weighted by atomic mass is 10.0. The molecule has 2 aliphatic heterocycles. The number of carbonyl (C=O) groups is 3. The molecule has 2 atom stereocenters. The molecule has 2 aromatic heterocycles. The molecule has 0 bridgehead atoms. The molecule has 2 aromatic rings. The number of nitrogens with one attached hydrogen (secondary N) is 1. The van der Waals surface area contributed by atoms with Crippen LogP contribution in [0, 0.1) is 0 Å². The Balaban J connectivity index is 1.49. The van der Waals surface area contributed by atoms with Crippen LogP contribution >= 0.6 is 34.9 Å². The summed E-state index contributed by atoms with van der Waals surface area (Å²) in [6, 6.07) is 3.72. The van der Waals surface area contributed by atoms with Gasteiger partial charge in [-0.1, -0.05) is 47.0 Å². The number of anilines is 1. The fourth-order valence-corrected chi connectivity index (χ4v) is 6.73. The van der Waals surface area contributed by atoms with Crippen LogP contribution in [-0.4, -0.2) is 78.2 Å². The maximum absolute atomic E-state index is 13.1. The zero-order valence-electron chi connectivity index (χ0n) is 19.2. The van der Waals surface area contributed by atoms with E-state index in [1.165, 1.54) is 51.9 Å². The standard InChI is InChI=1S/C21H22N8O5S3/c1-2-6-34-28-14(11-4-3-5-12(23)24-11)17(30)25-15-18(31)29-16(20(32)33)10(8-35-19(15)29)9-36-21-27-26-13(7-22)37-21/h2-5,15,19H,1,6-9,22H2,(H2,23,24)(H,25,30)(H,32,33)/t15?,19-/m0/s1. The minimum Gasteiger partial charge on any atom is -0.477 e. The summed E-state index contributed by atoms with van der Waals surface area (Å²) in [5.41, 5.74) is 11.8. The molecule has 1 unspecified atom stereocenters. The number of fused-ring (bicyclic) bond motifs is 1. The number of carbonyl (C=O) groups excluding carboxylic acids is 2. The van der Waals surface area contributed by atoms with Crippen molar-refractivity contribution in [1.29, 1.82) is 0 Å². The van der Waals surface area contributed by atoms with Gasteiger partial charge in [0.2, 0.25) is 0 Å². The second-order valence-corrected chi connectivity index (χ2v) is 10.9. The maximum Gasteiger partial charge on any atom is 0.352 e. The third-order valence-electron chi connectivity index (χ3n) is 5.11. The monoisotopic (exact) mass is 562 g/mol. The first kappa shape index (κ1) is 26.6. The van der Waals surface area contributed by atoms with Crippen LogP contribution in [0.25, 0.3) is 0 Å². The lowest BCUT2D eigenvalue weighted by Crippen LogP contribution is -2.71.